The SMILES string of the molecule is CC(C)(C)OC(=O)N1[C@H]2CC[C@@H]1[C@H](F)C(=O)C2. The maximum atomic E-state index is 13.7. The number of carbonyl (C=O) groups is 2. The molecule has 3 atom stereocenters. The van der Waals surface area contributed by atoms with Crippen molar-refractivity contribution in [1.29, 1.82) is 0 Å². The first kappa shape index (κ1) is 12.3. The van der Waals surface area contributed by atoms with Crippen molar-refractivity contribution >= 4 is 11.9 Å². The number of piperidine rings is 1. The molecule has 17 heavy (non-hydrogen) atoms. The highest BCUT2D eigenvalue weighted by Gasteiger charge is 2.50. The normalized spacial score (nSPS) is 32.8. The number of carbonyl (C=O) groups excluding carboxylic acids is 2. The first-order valence-electron chi connectivity index (χ1n) is 5.98. The fraction of sp³-hybridized carbons (Fsp3) is 0.833. The minimum atomic E-state index is -1.54. The Balaban J connectivity index is 2.12. The Labute approximate surface area is 100 Å². The van der Waals surface area contributed by atoms with Gasteiger partial charge >= 0.3 is 6.09 Å². The molecule has 2 aliphatic heterocycles. The van der Waals surface area contributed by atoms with E-state index in [4.69, 9.17) is 4.74 Å². The number of rotatable bonds is 0. The average Bonchev–Trinajstić information content (AvgIpc) is 2.51. The van der Waals surface area contributed by atoms with Gasteiger partial charge < -0.3 is 4.74 Å². The van der Waals surface area contributed by atoms with Gasteiger partial charge in [-0.15, -0.1) is 0 Å². The lowest BCUT2D eigenvalue weighted by atomic mass is 10.0. The number of nitrogens with zero attached hydrogens (tertiary/aromatic N) is 1. The topological polar surface area (TPSA) is 46.6 Å². The van der Waals surface area contributed by atoms with Crippen molar-refractivity contribution < 1.29 is 18.7 Å². The van der Waals surface area contributed by atoms with Gasteiger partial charge in [-0.05, 0) is 33.6 Å². The summed E-state index contributed by atoms with van der Waals surface area (Å²) in [5, 5.41) is 0. The first-order valence-corrected chi connectivity index (χ1v) is 5.98. The van der Waals surface area contributed by atoms with Gasteiger partial charge in [0.05, 0.1) is 6.04 Å². The molecule has 0 spiro atoms. The molecule has 2 rings (SSSR count). The van der Waals surface area contributed by atoms with E-state index < -0.39 is 23.9 Å². The van der Waals surface area contributed by atoms with E-state index in [1.807, 2.05) is 0 Å². The zero-order valence-corrected chi connectivity index (χ0v) is 10.4. The summed E-state index contributed by atoms with van der Waals surface area (Å²) in [5.74, 6) is -0.377. The Bertz CT molecular complexity index is 350. The number of ketones is 1. The maximum Gasteiger partial charge on any atom is 0.410 e. The van der Waals surface area contributed by atoms with E-state index in [0.29, 0.717) is 12.8 Å². The lowest BCUT2D eigenvalue weighted by Gasteiger charge is -2.36. The van der Waals surface area contributed by atoms with Crippen LogP contribution in [-0.4, -0.2) is 40.6 Å². The van der Waals surface area contributed by atoms with Crippen LogP contribution in [0.5, 0.6) is 0 Å². The molecule has 5 heteroatoms. The quantitative estimate of drug-likeness (QED) is 0.654. The molecule has 0 N–H and O–H groups in total. The predicted molar refractivity (Wildman–Crippen MR) is 59.4 cm³/mol. The summed E-state index contributed by atoms with van der Waals surface area (Å²) in [6.07, 6.45) is -0.675. The Morgan fingerprint density at radius 3 is 2.65 bits per heavy atom. The van der Waals surface area contributed by atoms with E-state index in [-0.39, 0.29) is 18.2 Å². The third-order valence-electron chi connectivity index (χ3n) is 3.23. The van der Waals surface area contributed by atoms with E-state index in [9.17, 15) is 14.0 Å². The number of ether oxygens (including phenoxy) is 1. The zero-order chi connectivity index (χ0) is 12.8. The van der Waals surface area contributed by atoms with Crippen molar-refractivity contribution in [2.24, 2.45) is 0 Å². The molecule has 0 saturated carbocycles. The summed E-state index contributed by atoms with van der Waals surface area (Å²) < 4.78 is 19.0. The number of hydrogen-bond donors (Lipinski definition) is 0. The second-order valence-corrected chi connectivity index (χ2v) is 5.76. The molecule has 0 radical (unpaired) electrons. The van der Waals surface area contributed by atoms with Crippen molar-refractivity contribution in [3.63, 3.8) is 0 Å². The van der Waals surface area contributed by atoms with Gasteiger partial charge in [-0.25, -0.2) is 9.18 Å². The molecule has 4 nitrogen and oxygen atoms in total. The van der Waals surface area contributed by atoms with E-state index in [1.54, 1.807) is 20.8 Å². The summed E-state index contributed by atoms with van der Waals surface area (Å²) >= 11 is 0. The highest BCUT2D eigenvalue weighted by molar-refractivity contribution is 5.87. The molecule has 0 aromatic heterocycles. The number of alkyl halides is 1. The van der Waals surface area contributed by atoms with Crippen molar-refractivity contribution in [2.45, 2.75) is 63.9 Å². The van der Waals surface area contributed by atoms with E-state index in [2.05, 4.69) is 0 Å². The molecular weight excluding hydrogens is 225 g/mol. The fourth-order valence-electron chi connectivity index (χ4n) is 2.56. The summed E-state index contributed by atoms with van der Waals surface area (Å²) in [5.41, 5.74) is -0.593. The summed E-state index contributed by atoms with van der Waals surface area (Å²) in [6, 6.07) is -0.787. The third-order valence-corrected chi connectivity index (χ3v) is 3.23. The molecule has 2 heterocycles. The van der Waals surface area contributed by atoms with Crippen LogP contribution in [0.25, 0.3) is 0 Å². The molecular formula is C12H18FNO3. The molecule has 2 bridgehead atoms. The van der Waals surface area contributed by atoms with Crippen LogP contribution >= 0.6 is 0 Å². The maximum absolute atomic E-state index is 13.7. The monoisotopic (exact) mass is 243 g/mol. The molecule has 0 unspecified atom stereocenters. The Morgan fingerprint density at radius 1 is 1.41 bits per heavy atom. The van der Waals surface area contributed by atoms with Gasteiger partial charge in [0.1, 0.15) is 5.60 Å². The molecule has 2 aliphatic rings. The van der Waals surface area contributed by atoms with Crippen molar-refractivity contribution in [2.75, 3.05) is 0 Å². The lowest BCUT2D eigenvalue weighted by molar-refractivity contribution is -0.130. The van der Waals surface area contributed by atoms with Crippen LogP contribution in [0.15, 0.2) is 0 Å². The first-order chi connectivity index (χ1) is 7.79. The van der Waals surface area contributed by atoms with Crippen LogP contribution in [0.4, 0.5) is 9.18 Å². The van der Waals surface area contributed by atoms with E-state index in [0.717, 1.165) is 0 Å². The Morgan fingerprint density at radius 2 is 2.06 bits per heavy atom. The van der Waals surface area contributed by atoms with Crippen LogP contribution in [0.1, 0.15) is 40.0 Å². The number of halogens is 1. The second kappa shape index (κ2) is 3.96. The van der Waals surface area contributed by atoms with Gasteiger partial charge in [0.15, 0.2) is 12.0 Å². The Hall–Kier alpha value is -1.13. The van der Waals surface area contributed by atoms with Crippen LogP contribution in [0, 0.1) is 0 Å². The number of fused-ring (bicyclic) bond motifs is 2. The van der Waals surface area contributed by atoms with Gasteiger partial charge in [-0.3, -0.25) is 9.69 Å². The second-order valence-electron chi connectivity index (χ2n) is 5.76. The van der Waals surface area contributed by atoms with Crippen LogP contribution < -0.4 is 0 Å². The minimum Gasteiger partial charge on any atom is -0.444 e. The average molecular weight is 243 g/mol. The molecule has 0 aromatic rings. The fourth-order valence-corrected chi connectivity index (χ4v) is 2.56. The lowest BCUT2D eigenvalue weighted by Crippen LogP contribution is -2.54. The predicted octanol–water partition coefficient (Wildman–Crippen LogP) is 2.07. The minimum absolute atomic E-state index is 0.122. The van der Waals surface area contributed by atoms with Gasteiger partial charge in [-0.1, -0.05) is 0 Å². The van der Waals surface area contributed by atoms with Crippen molar-refractivity contribution in [3.05, 3.63) is 0 Å². The number of Topliss-reactive ketones (excluding diaryl/α,β-unsaturated/α-hetero) is 1. The van der Waals surface area contributed by atoms with Crippen molar-refractivity contribution in [1.82, 2.24) is 4.90 Å². The van der Waals surface area contributed by atoms with Crippen LogP contribution in [-0.2, 0) is 9.53 Å². The number of hydrogen-bond acceptors (Lipinski definition) is 3. The van der Waals surface area contributed by atoms with Gasteiger partial charge in [-0.2, -0.15) is 0 Å². The molecule has 0 aliphatic carbocycles. The van der Waals surface area contributed by atoms with Gasteiger partial charge in [0, 0.05) is 12.5 Å². The Kier molecular flexibility index (Phi) is 2.87. The van der Waals surface area contributed by atoms with E-state index in [1.165, 1.54) is 4.90 Å². The van der Waals surface area contributed by atoms with Crippen LogP contribution in [0.2, 0.25) is 0 Å². The molecule has 2 fully saturated rings. The smallest absolute Gasteiger partial charge is 0.410 e. The van der Waals surface area contributed by atoms with Gasteiger partial charge in [0.2, 0.25) is 0 Å². The summed E-state index contributed by atoms with van der Waals surface area (Å²) in [6.45, 7) is 5.32. The molecule has 1 amide bonds. The van der Waals surface area contributed by atoms with Crippen molar-refractivity contribution in [3.8, 4) is 0 Å². The highest BCUT2D eigenvalue weighted by Crippen LogP contribution is 2.36. The highest BCUT2D eigenvalue weighted by atomic mass is 19.1. The largest absolute Gasteiger partial charge is 0.444 e. The zero-order valence-electron chi connectivity index (χ0n) is 10.4. The molecule has 2 saturated heterocycles. The number of amides is 1. The summed E-state index contributed by atoms with van der Waals surface area (Å²) in [4.78, 5) is 24.7. The van der Waals surface area contributed by atoms with E-state index >= 15 is 0 Å². The molecule has 0 aromatic carbocycles. The molecule has 96 valence electrons. The van der Waals surface area contributed by atoms with Gasteiger partial charge in [0.25, 0.3) is 0 Å². The standard InChI is InChI=1S/C12H18FNO3/c1-12(2,3)17-11(16)14-7-4-5-8(14)10(13)9(15)6-7/h7-8,10H,4-6H2,1-3H3/t7-,8+,10-/m0/s1. The summed E-state index contributed by atoms with van der Waals surface area (Å²) in [7, 11) is 0. The third kappa shape index (κ3) is 2.28. The van der Waals surface area contributed by atoms with Crippen LogP contribution in [0.3, 0.4) is 0 Å².